The summed E-state index contributed by atoms with van der Waals surface area (Å²) in [5, 5.41) is 12.3. The average Bonchev–Trinajstić information content (AvgIpc) is 2.71. The van der Waals surface area contributed by atoms with Crippen LogP contribution in [-0.4, -0.2) is 33.5 Å². The van der Waals surface area contributed by atoms with E-state index in [1.165, 1.54) is 0 Å². The smallest absolute Gasteiger partial charge is 0.320 e. The van der Waals surface area contributed by atoms with E-state index in [2.05, 4.69) is 16.8 Å². The summed E-state index contributed by atoms with van der Waals surface area (Å²) in [4.78, 5) is 17.7. The van der Waals surface area contributed by atoms with Crippen molar-refractivity contribution in [1.29, 1.82) is 0 Å². The average molecular weight is 254 g/mol. The van der Waals surface area contributed by atoms with Gasteiger partial charge in [-0.2, -0.15) is 0 Å². The molecule has 0 aliphatic carbocycles. The molecule has 94 valence electrons. The lowest BCUT2D eigenvalue weighted by Crippen LogP contribution is -2.42. The van der Waals surface area contributed by atoms with Crippen LogP contribution in [0, 0.1) is 0 Å². The Kier molecular flexibility index (Phi) is 4.12. The van der Waals surface area contributed by atoms with Gasteiger partial charge in [-0.1, -0.05) is 12.8 Å². The zero-order valence-electron chi connectivity index (χ0n) is 10.0. The van der Waals surface area contributed by atoms with Gasteiger partial charge in [-0.25, -0.2) is 4.98 Å². The van der Waals surface area contributed by atoms with E-state index >= 15 is 0 Å². The predicted octanol–water partition coefficient (Wildman–Crippen LogP) is 2.53. The summed E-state index contributed by atoms with van der Waals surface area (Å²) in [6.07, 6.45) is 5.76. The number of hydrogen-bond acceptors (Lipinski definition) is 4. The number of aliphatic carboxylic acids is 1. The lowest BCUT2D eigenvalue weighted by molar-refractivity contribution is -0.144. The Morgan fingerprint density at radius 3 is 3.06 bits per heavy atom. The van der Waals surface area contributed by atoms with Gasteiger partial charge < -0.3 is 5.11 Å². The summed E-state index contributed by atoms with van der Waals surface area (Å²) in [5.41, 5.74) is 0. The minimum Gasteiger partial charge on any atom is -0.480 e. The van der Waals surface area contributed by atoms with Crippen LogP contribution >= 0.6 is 11.3 Å². The molecule has 5 heteroatoms. The highest BCUT2D eigenvalue weighted by Gasteiger charge is 2.31. The van der Waals surface area contributed by atoms with Crippen LogP contribution in [0.15, 0.2) is 11.6 Å². The van der Waals surface area contributed by atoms with Crippen molar-refractivity contribution >= 4 is 17.3 Å². The Bertz CT molecular complexity index is 367. The molecule has 0 saturated carbocycles. The first-order valence-corrected chi connectivity index (χ1v) is 6.96. The van der Waals surface area contributed by atoms with Crippen molar-refractivity contribution in [3.8, 4) is 0 Å². The molecule has 1 aliphatic rings. The van der Waals surface area contributed by atoms with Crippen LogP contribution in [0.1, 0.15) is 43.7 Å². The van der Waals surface area contributed by atoms with Crippen LogP contribution in [0.4, 0.5) is 0 Å². The van der Waals surface area contributed by atoms with Gasteiger partial charge in [0.1, 0.15) is 11.0 Å². The quantitative estimate of drug-likeness (QED) is 0.900. The number of nitrogens with zero attached hydrogens (tertiary/aromatic N) is 2. The Morgan fingerprint density at radius 1 is 1.59 bits per heavy atom. The summed E-state index contributed by atoms with van der Waals surface area (Å²) in [6.45, 7) is 2.91. The van der Waals surface area contributed by atoms with Gasteiger partial charge in [0, 0.05) is 11.6 Å². The maximum Gasteiger partial charge on any atom is 0.320 e. The van der Waals surface area contributed by atoms with E-state index in [0.717, 1.165) is 37.2 Å². The number of carboxylic acids is 1. The molecule has 1 fully saturated rings. The molecule has 2 rings (SSSR count). The monoisotopic (exact) mass is 254 g/mol. The summed E-state index contributed by atoms with van der Waals surface area (Å²) < 4.78 is 0. The van der Waals surface area contributed by atoms with Gasteiger partial charge in [-0.15, -0.1) is 11.3 Å². The van der Waals surface area contributed by atoms with E-state index in [4.69, 9.17) is 0 Å². The van der Waals surface area contributed by atoms with Crippen molar-refractivity contribution in [1.82, 2.24) is 9.88 Å². The zero-order valence-corrected chi connectivity index (χ0v) is 10.8. The molecule has 0 radical (unpaired) electrons. The molecule has 17 heavy (non-hydrogen) atoms. The normalized spacial score (nSPS) is 24.2. The Morgan fingerprint density at radius 2 is 2.41 bits per heavy atom. The highest BCUT2D eigenvalue weighted by atomic mass is 32.1. The molecular formula is C12H18N2O2S. The van der Waals surface area contributed by atoms with Gasteiger partial charge >= 0.3 is 5.97 Å². The fourth-order valence-corrected chi connectivity index (χ4v) is 3.16. The molecule has 1 N–H and O–H groups in total. The van der Waals surface area contributed by atoms with E-state index in [1.54, 1.807) is 17.5 Å². The number of thiazole rings is 1. The summed E-state index contributed by atoms with van der Waals surface area (Å²) in [7, 11) is 0. The molecule has 1 aliphatic heterocycles. The maximum atomic E-state index is 11.3. The number of rotatable bonds is 3. The molecule has 0 spiro atoms. The van der Waals surface area contributed by atoms with Gasteiger partial charge in [0.25, 0.3) is 0 Å². The molecule has 4 nitrogen and oxygen atoms in total. The largest absolute Gasteiger partial charge is 0.480 e. The molecule has 2 atom stereocenters. The van der Waals surface area contributed by atoms with Crippen LogP contribution in [0.3, 0.4) is 0 Å². The van der Waals surface area contributed by atoms with Gasteiger partial charge in [0.2, 0.25) is 0 Å². The molecule has 0 aromatic carbocycles. The van der Waals surface area contributed by atoms with E-state index < -0.39 is 5.97 Å². The number of hydrogen-bond donors (Lipinski definition) is 1. The molecule has 1 saturated heterocycles. The minimum atomic E-state index is -0.699. The number of likely N-dealkylation sites (tertiary alicyclic amines) is 1. The van der Waals surface area contributed by atoms with E-state index in [9.17, 15) is 9.90 Å². The third-order valence-electron chi connectivity index (χ3n) is 3.39. The second-order valence-electron chi connectivity index (χ2n) is 4.49. The first-order valence-electron chi connectivity index (χ1n) is 6.08. The predicted molar refractivity (Wildman–Crippen MR) is 67.1 cm³/mol. The zero-order chi connectivity index (χ0) is 12.3. The summed E-state index contributed by atoms with van der Waals surface area (Å²) in [5.74, 6) is -0.699. The Balaban J connectivity index is 2.17. The third kappa shape index (κ3) is 2.84. The standard InChI is InChI=1S/C12H18N2O2S/c1-9(11-13-6-8-17-11)14-7-4-2-3-5-10(14)12(15)16/h6,8-10H,2-5,7H2,1H3,(H,15,16). The topological polar surface area (TPSA) is 53.4 Å². The van der Waals surface area contributed by atoms with E-state index in [1.807, 2.05) is 5.38 Å². The molecule has 2 unspecified atom stereocenters. The van der Waals surface area contributed by atoms with Crippen LogP contribution in [0.25, 0.3) is 0 Å². The summed E-state index contributed by atoms with van der Waals surface area (Å²) in [6, 6.07) is -0.245. The Labute approximate surface area is 105 Å². The fourth-order valence-electron chi connectivity index (χ4n) is 2.44. The second kappa shape index (κ2) is 5.60. The maximum absolute atomic E-state index is 11.3. The van der Waals surface area contributed by atoms with Crippen molar-refractivity contribution in [3.63, 3.8) is 0 Å². The Hall–Kier alpha value is -0.940. The first-order chi connectivity index (χ1) is 8.20. The van der Waals surface area contributed by atoms with Crippen LogP contribution in [0.5, 0.6) is 0 Å². The van der Waals surface area contributed by atoms with Crippen molar-refractivity contribution < 1.29 is 9.90 Å². The minimum absolute atomic E-state index is 0.106. The molecule has 1 aromatic heterocycles. The van der Waals surface area contributed by atoms with Gasteiger partial charge in [-0.05, 0) is 26.3 Å². The van der Waals surface area contributed by atoms with Gasteiger partial charge in [0.05, 0.1) is 6.04 Å². The van der Waals surface area contributed by atoms with Crippen molar-refractivity contribution in [2.24, 2.45) is 0 Å². The molecule has 2 heterocycles. The number of carbonyl (C=O) groups is 1. The highest BCUT2D eigenvalue weighted by Crippen LogP contribution is 2.28. The lowest BCUT2D eigenvalue weighted by Gasteiger charge is -2.31. The van der Waals surface area contributed by atoms with Crippen molar-refractivity contribution in [3.05, 3.63) is 16.6 Å². The SMILES string of the molecule is CC(c1nccs1)N1CCCCCC1C(=O)O. The van der Waals surface area contributed by atoms with Gasteiger partial charge in [0.15, 0.2) is 0 Å². The van der Waals surface area contributed by atoms with Crippen molar-refractivity contribution in [2.45, 2.75) is 44.7 Å². The highest BCUT2D eigenvalue weighted by molar-refractivity contribution is 7.09. The number of carboxylic acid groups (broad SMARTS) is 1. The van der Waals surface area contributed by atoms with Crippen LogP contribution in [0.2, 0.25) is 0 Å². The molecule has 0 amide bonds. The fraction of sp³-hybridized carbons (Fsp3) is 0.667. The second-order valence-corrected chi connectivity index (χ2v) is 5.41. The summed E-state index contributed by atoms with van der Waals surface area (Å²) >= 11 is 1.60. The molecule has 1 aromatic rings. The molecular weight excluding hydrogens is 236 g/mol. The van der Waals surface area contributed by atoms with Gasteiger partial charge in [-0.3, -0.25) is 9.69 Å². The van der Waals surface area contributed by atoms with Crippen LogP contribution in [-0.2, 0) is 4.79 Å². The molecule has 0 bridgehead atoms. The van der Waals surface area contributed by atoms with Crippen molar-refractivity contribution in [2.75, 3.05) is 6.54 Å². The van der Waals surface area contributed by atoms with E-state index in [0.29, 0.717) is 0 Å². The lowest BCUT2D eigenvalue weighted by atomic mass is 10.1. The van der Waals surface area contributed by atoms with Crippen LogP contribution < -0.4 is 0 Å². The first kappa shape index (κ1) is 12.5. The third-order valence-corrected chi connectivity index (χ3v) is 4.33. The number of aromatic nitrogens is 1. The van der Waals surface area contributed by atoms with E-state index in [-0.39, 0.29) is 12.1 Å².